The summed E-state index contributed by atoms with van der Waals surface area (Å²) in [6.07, 6.45) is 4.40. The number of nitrogens with zero attached hydrogens (tertiary/aromatic N) is 1. The molecule has 0 amide bonds. The smallest absolute Gasteiger partial charge is 0.0431 e. The summed E-state index contributed by atoms with van der Waals surface area (Å²) >= 11 is 0. The molecule has 20 heavy (non-hydrogen) atoms. The predicted molar refractivity (Wildman–Crippen MR) is 85.4 cm³/mol. The molecule has 3 nitrogen and oxygen atoms in total. The molecule has 1 aromatic carbocycles. The van der Waals surface area contributed by atoms with E-state index in [1.165, 1.54) is 29.7 Å². The molecule has 2 rings (SSSR count). The minimum Gasteiger partial charge on any atom is -0.396 e. The van der Waals surface area contributed by atoms with Gasteiger partial charge < -0.3 is 15.3 Å². The number of anilines is 1. The van der Waals surface area contributed by atoms with Gasteiger partial charge in [0, 0.05) is 31.4 Å². The van der Waals surface area contributed by atoms with Crippen LogP contribution in [0.3, 0.4) is 0 Å². The number of fused-ring (bicyclic) bond motifs is 1. The lowest BCUT2D eigenvalue weighted by molar-refractivity contribution is 0.283. The van der Waals surface area contributed by atoms with Crippen LogP contribution < -0.4 is 10.2 Å². The number of aliphatic hydroxyl groups is 1. The summed E-state index contributed by atoms with van der Waals surface area (Å²) < 4.78 is 0. The van der Waals surface area contributed by atoms with Gasteiger partial charge in [0.2, 0.25) is 0 Å². The Morgan fingerprint density at radius 3 is 2.90 bits per heavy atom. The Balaban J connectivity index is 1.95. The fourth-order valence-electron chi connectivity index (χ4n) is 3.01. The molecule has 112 valence electrons. The molecule has 0 fully saturated rings. The second-order valence-corrected chi connectivity index (χ2v) is 5.69. The molecule has 0 aromatic heterocycles. The molecular weight excluding hydrogens is 248 g/mol. The highest BCUT2D eigenvalue weighted by molar-refractivity contribution is 5.59. The largest absolute Gasteiger partial charge is 0.396 e. The molecule has 1 aliphatic rings. The average Bonchev–Trinajstić information content (AvgIpc) is 2.86. The Hall–Kier alpha value is -1.06. The van der Waals surface area contributed by atoms with Gasteiger partial charge in [-0.3, -0.25) is 0 Å². The monoisotopic (exact) mass is 276 g/mol. The van der Waals surface area contributed by atoms with E-state index in [4.69, 9.17) is 5.11 Å². The number of benzene rings is 1. The molecule has 1 atom stereocenters. The number of nitrogens with one attached hydrogen (secondary N) is 1. The molecule has 0 saturated heterocycles. The van der Waals surface area contributed by atoms with Crippen LogP contribution in [0.25, 0.3) is 0 Å². The van der Waals surface area contributed by atoms with E-state index >= 15 is 0 Å². The fraction of sp³-hybridized carbons (Fsp3) is 0.647. The van der Waals surface area contributed by atoms with E-state index < -0.39 is 0 Å². The topological polar surface area (TPSA) is 35.5 Å². The molecule has 3 heteroatoms. The molecule has 1 aliphatic heterocycles. The van der Waals surface area contributed by atoms with Gasteiger partial charge in [-0.1, -0.05) is 19.1 Å². The molecule has 1 unspecified atom stereocenters. The lowest BCUT2D eigenvalue weighted by Crippen LogP contribution is -2.21. The Morgan fingerprint density at radius 1 is 1.30 bits per heavy atom. The maximum Gasteiger partial charge on any atom is 0.0431 e. The third-order valence-electron chi connectivity index (χ3n) is 4.19. The van der Waals surface area contributed by atoms with Crippen LogP contribution in [0.5, 0.6) is 0 Å². The SMILES string of the molecule is CCNC(C)c1ccc2c(c1)CCN2CCCCCO. The summed E-state index contributed by atoms with van der Waals surface area (Å²) in [5.41, 5.74) is 4.31. The second-order valence-electron chi connectivity index (χ2n) is 5.69. The second kappa shape index (κ2) is 7.65. The first-order chi connectivity index (χ1) is 9.76. The van der Waals surface area contributed by atoms with Crippen LogP contribution in [0, 0.1) is 0 Å². The Morgan fingerprint density at radius 2 is 2.15 bits per heavy atom. The maximum atomic E-state index is 8.82. The third-order valence-corrected chi connectivity index (χ3v) is 4.19. The normalized spacial score (nSPS) is 15.4. The number of aliphatic hydroxyl groups excluding tert-OH is 1. The van der Waals surface area contributed by atoms with E-state index in [1.807, 2.05) is 0 Å². The lowest BCUT2D eigenvalue weighted by atomic mass is 10.0. The van der Waals surface area contributed by atoms with E-state index in [0.717, 1.165) is 32.5 Å². The number of rotatable bonds is 8. The summed E-state index contributed by atoms with van der Waals surface area (Å²) in [4.78, 5) is 2.49. The van der Waals surface area contributed by atoms with Gasteiger partial charge in [0.15, 0.2) is 0 Å². The van der Waals surface area contributed by atoms with Crippen molar-refractivity contribution in [1.82, 2.24) is 5.32 Å². The third kappa shape index (κ3) is 3.74. The van der Waals surface area contributed by atoms with Gasteiger partial charge in [0.05, 0.1) is 0 Å². The Labute approximate surface area is 123 Å². The summed E-state index contributed by atoms with van der Waals surface area (Å²) in [7, 11) is 0. The van der Waals surface area contributed by atoms with Gasteiger partial charge in [-0.25, -0.2) is 0 Å². The van der Waals surface area contributed by atoms with Crippen molar-refractivity contribution >= 4 is 5.69 Å². The van der Waals surface area contributed by atoms with Crippen molar-refractivity contribution in [3.05, 3.63) is 29.3 Å². The zero-order valence-corrected chi connectivity index (χ0v) is 12.9. The predicted octanol–water partition coefficient (Wildman–Crippen LogP) is 2.88. The minimum atomic E-state index is 0.322. The van der Waals surface area contributed by atoms with Crippen LogP contribution in [0.1, 0.15) is 50.3 Å². The zero-order chi connectivity index (χ0) is 14.4. The molecular formula is C17H28N2O. The molecule has 1 heterocycles. The minimum absolute atomic E-state index is 0.322. The standard InChI is InChI=1S/C17H28N2O/c1-3-18-14(2)15-7-8-17-16(13-15)9-11-19(17)10-5-4-6-12-20/h7-8,13-14,18,20H,3-6,9-12H2,1-2H3. The first kappa shape index (κ1) is 15.3. The lowest BCUT2D eigenvalue weighted by Gasteiger charge is -2.20. The van der Waals surface area contributed by atoms with Crippen molar-refractivity contribution in [3.8, 4) is 0 Å². The van der Waals surface area contributed by atoms with Crippen LogP contribution in [-0.4, -0.2) is 31.3 Å². The highest BCUT2D eigenvalue weighted by Crippen LogP contribution is 2.30. The molecule has 0 saturated carbocycles. The van der Waals surface area contributed by atoms with Crippen molar-refractivity contribution in [2.45, 2.75) is 45.6 Å². The van der Waals surface area contributed by atoms with Crippen LogP contribution in [0.4, 0.5) is 5.69 Å². The summed E-state index contributed by atoms with van der Waals surface area (Å²) in [6, 6.07) is 7.36. The molecule has 1 aromatic rings. The molecule has 2 N–H and O–H groups in total. The summed E-state index contributed by atoms with van der Waals surface area (Å²) in [6.45, 7) is 7.98. The molecule has 0 bridgehead atoms. The molecule has 0 aliphatic carbocycles. The van der Waals surface area contributed by atoms with Crippen molar-refractivity contribution in [2.24, 2.45) is 0 Å². The van der Waals surface area contributed by atoms with E-state index in [9.17, 15) is 0 Å². The Bertz CT molecular complexity index is 419. The van der Waals surface area contributed by atoms with Gasteiger partial charge >= 0.3 is 0 Å². The van der Waals surface area contributed by atoms with Crippen LogP contribution in [-0.2, 0) is 6.42 Å². The summed E-state index contributed by atoms with van der Waals surface area (Å²) in [5.74, 6) is 0. The Kier molecular flexibility index (Phi) is 5.86. The zero-order valence-electron chi connectivity index (χ0n) is 12.9. The quantitative estimate of drug-likeness (QED) is 0.717. The van der Waals surface area contributed by atoms with Gasteiger partial charge in [-0.2, -0.15) is 0 Å². The fourth-order valence-corrected chi connectivity index (χ4v) is 3.01. The van der Waals surface area contributed by atoms with Gasteiger partial charge in [0.25, 0.3) is 0 Å². The first-order valence-electron chi connectivity index (χ1n) is 7.98. The van der Waals surface area contributed by atoms with Gasteiger partial charge in [-0.05, 0) is 56.3 Å². The van der Waals surface area contributed by atoms with Crippen molar-refractivity contribution in [2.75, 3.05) is 31.1 Å². The van der Waals surface area contributed by atoms with Crippen molar-refractivity contribution in [1.29, 1.82) is 0 Å². The molecule has 0 spiro atoms. The number of unbranched alkanes of at least 4 members (excludes halogenated alkanes) is 2. The number of hydrogen-bond donors (Lipinski definition) is 2. The highest BCUT2D eigenvalue weighted by Gasteiger charge is 2.19. The molecule has 0 radical (unpaired) electrons. The van der Waals surface area contributed by atoms with Gasteiger partial charge in [0.1, 0.15) is 0 Å². The van der Waals surface area contributed by atoms with Crippen LogP contribution in [0.15, 0.2) is 18.2 Å². The average molecular weight is 276 g/mol. The number of hydrogen-bond acceptors (Lipinski definition) is 3. The van der Waals surface area contributed by atoms with E-state index in [-0.39, 0.29) is 0 Å². The van der Waals surface area contributed by atoms with E-state index in [1.54, 1.807) is 0 Å². The van der Waals surface area contributed by atoms with Gasteiger partial charge in [-0.15, -0.1) is 0 Å². The van der Waals surface area contributed by atoms with Crippen LogP contribution in [0.2, 0.25) is 0 Å². The van der Waals surface area contributed by atoms with E-state index in [2.05, 4.69) is 42.3 Å². The van der Waals surface area contributed by atoms with E-state index in [0.29, 0.717) is 12.6 Å². The summed E-state index contributed by atoms with van der Waals surface area (Å²) in [5, 5.41) is 12.3. The van der Waals surface area contributed by atoms with Crippen molar-refractivity contribution < 1.29 is 5.11 Å². The van der Waals surface area contributed by atoms with Crippen molar-refractivity contribution in [3.63, 3.8) is 0 Å². The van der Waals surface area contributed by atoms with Crippen LogP contribution >= 0.6 is 0 Å². The maximum absolute atomic E-state index is 8.82. The first-order valence-corrected chi connectivity index (χ1v) is 7.98. The highest BCUT2D eigenvalue weighted by atomic mass is 16.2.